The number of nitrogens with zero attached hydrogens (tertiary/aromatic N) is 2. The van der Waals surface area contributed by atoms with Crippen molar-refractivity contribution in [1.82, 2.24) is 15.1 Å². The Labute approximate surface area is 131 Å². The monoisotopic (exact) mass is 293 g/mol. The summed E-state index contributed by atoms with van der Waals surface area (Å²) >= 11 is 0. The molecule has 0 aromatic heterocycles. The van der Waals surface area contributed by atoms with E-state index >= 15 is 0 Å². The van der Waals surface area contributed by atoms with Crippen molar-refractivity contribution in [3.63, 3.8) is 0 Å². The molecule has 3 aliphatic rings. The average molecular weight is 293 g/mol. The van der Waals surface area contributed by atoms with Gasteiger partial charge in [0.05, 0.1) is 0 Å². The Kier molecular flexibility index (Phi) is 5.58. The molecule has 0 radical (unpaired) electrons. The van der Waals surface area contributed by atoms with Gasteiger partial charge in [0, 0.05) is 24.2 Å². The number of rotatable bonds is 5. The van der Waals surface area contributed by atoms with E-state index in [2.05, 4.69) is 29.0 Å². The van der Waals surface area contributed by atoms with Crippen molar-refractivity contribution in [1.29, 1.82) is 0 Å². The molecule has 3 rings (SSSR count). The van der Waals surface area contributed by atoms with Gasteiger partial charge in [-0.15, -0.1) is 0 Å². The third-order valence-corrected chi connectivity index (χ3v) is 6.08. The summed E-state index contributed by atoms with van der Waals surface area (Å²) in [4.78, 5) is 5.58. The van der Waals surface area contributed by atoms with Crippen molar-refractivity contribution in [2.45, 2.75) is 89.4 Å². The molecular formula is C18H35N3. The third kappa shape index (κ3) is 3.80. The second-order valence-corrected chi connectivity index (χ2v) is 7.52. The first-order valence-electron chi connectivity index (χ1n) is 9.54. The fourth-order valence-electron chi connectivity index (χ4n) is 5.12. The molecule has 0 spiro atoms. The van der Waals surface area contributed by atoms with Crippen LogP contribution >= 0.6 is 0 Å². The quantitative estimate of drug-likeness (QED) is 0.841. The van der Waals surface area contributed by atoms with Gasteiger partial charge in [0.25, 0.3) is 0 Å². The SMILES string of the molecule is CCCN1CCCC(N(CC)C2CC3CCC(C2)N3)CC1. The van der Waals surface area contributed by atoms with Crippen molar-refractivity contribution < 1.29 is 0 Å². The molecule has 1 N–H and O–H groups in total. The molecule has 3 unspecified atom stereocenters. The minimum atomic E-state index is 0.824. The molecule has 3 fully saturated rings. The zero-order chi connectivity index (χ0) is 14.7. The summed E-state index contributed by atoms with van der Waals surface area (Å²) < 4.78 is 0. The topological polar surface area (TPSA) is 18.5 Å². The summed E-state index contributed by atoms with van der Waals surface area (Å²) in [7, 11) is 0. The highest BCUT2D eigenvalue weighted by Gasteiger charge is 2.37. The Morgan fingerprint density at radius 3 is 2.38 bits per heavy atom. The second kappa shape index (κ2) is 7.43. The second-order valence-electron chi connectivity index (χ2n) is 7.52. The van der Waals surface area contributed by atoms with Crippen molar-refractivity contribution in [3.05, 3.63) is 0 Å². The normalized spacial score (nSPS) is 37.9. The number of fused-ring (bicyclic) bond motifs is 2. The van der Waals surface area contributed by atoms with Crippen molar-refractivity contribution >= 4 is 0 Å². The molecule has 122 valence electrons. The van der Waals surface area contributed by atoms with Crippen LogP contribution in [0.25, 0.3) is 0 Å². The van der Waals surface area contributed by atoms with Gasteiger partial charge in [-0.1, -0.05) is 13.8 Å². The number of hydrogen-bond acceptors (Lipinski definition) is 3. The lowest BCUT2D eigenvalue weighted by Gasteiger charge is -2.41. The van der Waals surface area contributed by atoms with Crippen LogP contribution < -0.4 is 5.32 Å². The number of nitrogens with one attached hydrogen (secondary N) is 1. The standard InChI is InChI=1S/C18H35N3/c1-3-10-20-11-5-6-17(9-12-20)21(4-2)18-13-15-7-8-16(14-18)19-15/h15-19H,3-14H2,1-2H3. The molecule has 3 atom stereocenters. The third-order valence-electron chi connectivity index (χ3n) is 6.08. The van der Waals surface area contributed by atoms with Crippen LogP contribution in [-0.4, -0.2) is 60.1 Å². The van der Waals surface area contributed by atoms with Crippen molar-refractivity contribution in [3.8, 4) is 0 Å². The first-order chi connectivity index (χ1) is 10.3. The maximum atomic E-state index is 3.80. The molecule has 3 heterocycles. The first-order valence-corrected chi connectivity index (χ1v) is 9.54. The Balaban J connectivity index is 1.58. The zero-order valence-electron chi connectivity index (χ0n) is 14.2. The van der Waals surface area contributed by atoms with Crippen LogP contribution in [-0.2, 0) is 0 Å². The summed E-state index contributed by atoms with van der Waals surface area (Å²) in [5.74, 6) is 0. The van der Waals surface area contributed by atoms with Crippen LogP contribution in [0.5, 0.6) is 0 Å². The number of hydrogen-bond donors (Lipinski definition) is 1. The van der Waals surface area contributed by atoms with Crippen LogP contribution in [0.2, 0.25) is 0 Å². The number of likely N-dealkylation sites (tertiary alicyclic amines) is 1. The fourth-order valence-corrected chi connectivity index (χ4v) is 5.12. The molecule has 0 aliphatic carbocycles. The highest BCUT2D eigenvalue weighted by Crippen LogP contribution is 2.32. The Morgan fingerprint density at radius 1 is 0.952 bits per heavy atom. The lowest BCUT2D eigenvalue weighted by atomic mass is 9.95. The lowest BCUT2D eigenvalue weighted by Crippen LogP contribution is -2.51. The summed E-state index contributed by atoms with van der Waals surface area (Å²) in [5, 5.41) is 3.80. The summed E-state index contributed by atoms with van der Waals surface area (Å²) in [6.07, 6.45) is 11.2. The Morgan fingerprint density at radius 2 is 1.71 bits per heavy atom. The Hall–Kier alpha value is -0.120. The maximum Gasteiger partial charge on any atom is 0.0128 e. The summed E-state index contributed by atoms with van der Waals surface area (Å²) in [6, 6.07) is 3.35. The molecule has 3 heteroatoms. The molecule has 0 aromatic carbocycles. The van der Waals surface area contributed by atoms with Gasteiger partial charge in [-0.25, -0.2) is 0 Å². The Bertz CT molecular complexity index is 308. The zero-order valence-corrected chi connectivity index (χ0v) is 14.2. The van der Waals surface area contributed by atoms with E-state index in [4.69, 9.17) is 0 Å². The molecular weight excluding hydrogens is 258 g/mol. The molecule has 0 saturated carbocycles. The predicted octanol–water partition coefficient (Wildman–Crippen LogP) is 2.86. The van der Waals surface area contributed by atoms with E-state index in [9.17, 15) is 0 Å². The van der Waals surface area contributed by atoms with E-state index in [1.807, 2.05) is 0 Å². The van der Waals surface area contributed by atoms with Crippen molar-refractivity contribution in [2.75, 3.05) is 26.2 Å². The van der Waals surface area contributed by atoms with Crippen molar-refractivity contribution in [2.24, 2.45) is 0 Å². The molecule has 0 aromatic rings. The first kappa shape index (κ1) is 15.8. The minimum Gasteiger partial charge on any atom is -0.311 e. The van der Waals surface area contributed by atoms with Gasteiger partial charge in [-0.05, 0) is 77.5 Å². The lowest BCUT2D eigenvalue weighted by molar-refractivity contribution is 0.0906. The van der Waals surface area contributed by atoms with E-state index < -0.39 is 0 Å². The molecule has 3 nitrogen and oxygen atoms in total. The van der Waals surface area contributed by atoms with Crippen LogP contribution in [0.15, 0.2) is 0 Å². The van der Waals surface area contributed by atoms with Gasteiger partial charge in [-0.3, -0.25) is 4.90 Å². The van der Waals surface area contributed by atoms with Gasteiger partial charge in [0.1, 0.15) is 0 Å². The van der Waals surface area contributed by atoms with Gasteiger partial charge in [0.15, 0.2) is 0 Å². The highest BCUT2D eigenvalue weighted by molar-refractivity contribution is 4.97. The van der Waals surface area contributed by atoms with E-state index in [1.54, 1.807) is 0 Å². The van der Waals surface area contributed by atoms with E-state index in [0.717, 1.165) is 24.2 Å². The van der Waals surface area contributed by atoms with Crippen LogP contribution in [0, 0.1) is 0 Å². The largest absolute Gasteiger partial charge is 0.311 e. The number of piperidine rings is 1. The van der Waals surface area contributed by atoms with E-state index in [1.165, 1.54) is 77.5 Å². The smallest absolute Gasteiger partial charge is 0.0128 e. The highest BCUT2D eigenvalue weighted by atomic mass is 15.2. The van der Waals surface area contributed by atoms with E-state index in [0.29, 0.717) is 0 Å². The fraction of sp³-hybridized carbons (Fsp3) is 1.00. The van der Waals surface area contributed by atoms with Crippen LogP contribution in [0.1, 0.15) is 65.2 Å². The van der Waals surface area contributed by atoms with Gasteiger partial charge < -0.3 is 10.2 Å². The predicted molar refractivity (Wildman–Crippen MR) is 89.7 cm³/mol. The van der Waals surface area contributed by atoms with Crippen LogP contribution in [0.3, 0.4) is 0 Å². The van der Waals surface area contributed by atoms with E-state index in [-0.39, 0.29) is 0 Å². The van der Waals surface area contributed by atoms with Gasteiger partial charge >= 0.3 is 0 Å². The average Bonchev–Trinajstić information content (AvgIpc) is 2.69. The molecule has 2 bridgehead atoms. The van der Waals surface area contributed by atoms with Gasteiger partial charge in [0.2, 0.25) is 0 Å². The minimum absolute atomic E-state index is 0.824. The molecule has 3 saturated heterocycles. The molecule has 0 amide bonds. The summed E-state index contributed by atoms with van der Waals surface area (Å²) in [6.45, 7) is 9.91. The molecule has 21 heavy (non-hydrogen) atoms. The summed E-state index contributed by atoms with van der Waals surface area (Å²) in [5.41, 5.74) is 0. The molecule has 3 aliphatic heterocycles. The maximum absolute atomic E-state index is 3.80. The van der Waals surface area contributed by atoms with Crippen LogP contribution in [0.4, 0.5) is 0 Å². The van der Waals surface area contributed by atoms with Gasteiger partial charge in [-0.2, -0.15) is 0 Å².